The van der Waals surface area contributed by atoms with Crippen molar-refractivity contribution in [3.63, 3.8) is 0 Å². The minimum Gasteiger partial charge on any atom is -0.463 e. The van der Waals surface area contributed by atoms with Crippen molar-refractivity contribution in [1.29, 1.82) is 0 Å². The second kappa shape index (κ2) is 12.9. The third-order valence-corrected chi connectivity index (χ3v) is 8.28. The van der Waals surface area contributed by atoms with Gasteiger partial charge in [0.1, 0.15) is 41.8 Å². The van der Waals surface area contributed by atoms with Crippen LogP contribution in [0.25, 0.3) is 0 Å². The molecule has 0 radical (unpaired) electrons. The maximum absolute atomic E-state index is 10.9. The molecule has 4 rings (SSSR count). The topological polar surface area (TPSA) is 173 Å². The molecule has 0 unspecified atom stereocenters. The number of aliphatic hydroxyl groups is 3. The molecule has 13 nitrogen and oxygen atoms in total. The molecule has 0 saturated carbocycles. The van der Waals surface area contributed by atoms with Crippen molar-refractivity contribution in [3.05, 3.63) is 0 Å². The summed E-state index contributed by atoms with van der Waals surface area (Å²) in [7, 11) is 3.01. The Bertz CT molecular complexity index is 792. The highest BCUT2D eigenvalue weighted by atomic mass is 32.2. The van der Waals surface area contributed by atoms with E-state index in [9.17, 15) is 15.0 Å². The third kappa shape index (κ3) is 6.78. The summed E-state index contributed by atoms with van der Waals surface area (Å²) in [6.45, 7) is 5.64. The molecule has 0 amide bonds. The standard InChI is InChI=1S/C12H20N2O4S.C8H14N2O5S/c1-6-7(2)10-11(19-12(13-10)14-16-4)18-9(6)5-17-8(3)15;1-14-10-8-9-4-6(13)5(12)3(2-11)15-7(4)16-8/h6-7,9-11H,5H2,1-4H3,(H,13,14);3-7,11-13H,2H2,1H3,(H,9,10)/t6-,7-,9+,10+,11+;3-,4-,5-,6-,7-/m01/s1. The van der Waals surface area contributed by atoms with E-state index >= 15 is 0 Å². The van der Waals surface area contributed by atoms with Crippen molar-refractivity contribution in [2.24, 2.45) is 21.8 Å². The number of ether oxygens (including phenoxy) is 3. The van der Waals surface area contributed by atoms with Gasteiger partial charge in [0.25, 0.3) is 0 Å². The number of aliphatic hydroxyl groups excluding tert-OH is 3. The highest BCUT2D eigenvalue weighted by Gasteiger charge is 2.48. The minimum absolute atomic E-state index is 0.0376. The molecular weight excluding hydrogens is 504 g/mol. The van der Waals surface area contributed by atoms with Gasteiger partial charge in [-0.1, -0.05) is 37.4 Å². The number of esters is 1. The average Bonchev–Trinajstić information content (AvgIpc) is 3.42. The highest BCUT2D eigenvalue weighted by molar-refractivity contribution is 8.14. The van der Waals surface area contributed by atoms with E-state index in [-0.39, 0.29) is 36.1 Å². The van der Waals surface area contributed by atoms with Crippen molar-refractivity contribution in [2.75, 3.05) is 27.4 Å². The first-order valence-electron chi connectivity index (χ1n) is 11.2. The molecule has 0 aromatic carbocycles. The summed E-state index contributed by atoms with van der Waals surface area (Å²) in [5.74, 6) is 0.373. The Balaban J connectivity index is 0.000000198. The van der Waals surface area contributed by atoms with Gasteiger partial charge < -0.3 is 29.5 Å². The van der Waals surface area contributed by atoms with E-state index in [1.165, 1.54) is 37.6 Å². The number of fused-ring (bicyclic) bond motifs is 2. The van der Waals surface area contributed by atoms with Crippen molar-refractivity contribution < 1.29 is 44.0 Å². The zero-order valence-electron chi connectivity index (χ0n) is 20.2. The van der Waals surface area contributed by atoms with E-state index in [0.29, 0.717) is 17.7 Å². The molecule has 2 saturated heterocycles. The van der Waals surface area contributed by atoms with E-state index in [2.05, 4.69) is 34.8 Å². The predicted octanol–water partition coefficient (Wildman–Crippen LogP) is -0.783. The van der Waals surface area contributed by atoms with E-state index in [4.69, 9.17) is 29.0 Å². The lowest BCUT2D eigenvalue weighted by molar-refractivity contribution is -0.164. The number of amidine groups is 2. The maximum Gasteiger partial charge on any atom is 0.302 e. The van der Waals surface area contributed by atoms with E-state index in [1.54, 1.807) is 7.11 Å². The van der Waals surface area contributed by atoms with E-state index in [0.717, 1.165) is 5.17 Å². The van der Waals surface area contributed by atoms with Gasteiger partial charge in [-0.3, -0.25) is 24.5 Å². The van der Waals surface area contributed by atoms with Crippen LogP contribution in [0.5, 0.6) is 0 Å². The summed E-state index contributed by atoms with van der Waals surface area (Å²) >= 11 is 2.77. The SMILES string of the molecule is CONC1=N[C@@H]2[C@@H](C)[C@H](C)[C@@H](COC(C)=O)O[C@@H]2S1.CONC1=N[C@@H]2[C@@H](O)[C@H](O)[C@@H](CO)O[C@@H]2S1. The Kier molecular flexibility index (Phi) is 10.4. The summed E-state index contributed by atoms with van der Waals surface area (Å²) < 4.78 is 16.5. The highest BCUT2D eigenvalue weighted by Crippen LogP contribution is 2.41. The molecule has 4 heterocycles. The molecule has 200 valence electrons. The number of thioether (sulfide) groups is 2. The van der Waals surface area contributed by atoms with Gasteiger partial charge in [-0.05, 0) is 11.8 Å². The summed E-state index contributed by atoms with van der Waals surface area (Å²) in [6.07, 6.45) is -3.03. The molecule has 0 spiro atoms. The number of carbonyl (C=O) groups excluding carboxylic acids is 1. The van der Waals surface area contributed by atoms with Gasteiger partial charge in [-0.15, -0.1) is 0 Å². The molecule has 0 bridgehead atoms. The largest absolute Gasteiger partial charge is 0.463 e. The zero-order chi connectivity index (χ0) is 25.7. The molecule has 0 aromatic heterocycles. The number of rotatable bonds is 5. The fourth-order valence-corrected chi connectivity index (χ4v) is 6.34. The molecule has 35 heavy (non-hydrogen) atoms. The Morgan fingerprint density at radius 1 is 0.943 bits per heavy atom. The Hall–Kier alpha value is -1.17. The smallest absolute Gasteiger partial charge is 0.302 e. The first-order valence-corrected chi connectivity index (χ1v) is 12.9. The van der Waals surface area contributed by atoms with Crippen molar-refractivity contribution in [1.82, 2.24) is 11.0 Å². The number of nitrogens with zero attached hydrogens (tertiary/aromatic N) is 2. The van der Waals surface area contributed by atoms with Crippen LogP contribution in [-0.2, 0) is 28.7 Å². The second-order valence-electron chi connectivity index (χ2n) is 8.47. The van der Waals surface area contributed by atoms with Gasteiger partial charge in [0, 0.05) is 6.92 Å². The lowest BCUT2D eigenvalue weighted by atomic mass is 9.83. The van der Waals surface area contributed by atoms with Crippen LogP contribution >= 0.6 is 23.5 Å². The Morgan fingerprint density at radius 2 is 1.49 bits per heavy atom. The predicted molar refractivity (Wildman–Crippen MR) is 129 cm³/mol. The van der Waals surface area contributed by atoms with Gasteiger partial charge in [0.2, 0.25) is 0 Å². The summed E-state index contributed by atoms with van der Waals surface area (Å²) in [6, 6.07) is -0.424. The van der Waals surface area contributed by atoms with Crippen LogP contribution in [0.15, 0.2) is 9.98 Å². The number of aliphatic imine (C=N–C) groups is 2. The average molecular weight is 539 g/mol. The quantitative estimate of drug-likeness (QED) is 0.218. The van der Waals surface area contributed by atoms with Gasteiger partial charge >= 0.3 is 5.97 Å². The maximum atomic E-state index is 10.9. The molecular formula is C20H34N4O9S2. The van der Waals surface area contributed by atoms with Crippen LogP contribution in [0.1, 0.15) is 20.8 Å². The van der Waals surface area contributed by atoms with Crippen LogP contribution in [0.3, 0.4) is 0 Å². The molecule has 4 aliphatic heterocycles. The van der Waals surface area contributed by atoms with Crippen LogP contribution in [0, 0.1) is 11.8 Å². The molecule has 5 N–H and O–H groups in total. The van der Waals surface area contributed by atoms with Crippen LogP contribution in [-0.4, -0.2) is 106 Å². The van der Waals surface area contributed by atoms with Gasteiger partial charge in [-0.2, -0.15) is 0 Å². The molecule has 4 aliphatic rings. The number of nitrogens with one attached hydrogen (secondary N) is 2. The first-order chi connectivity index (χ1) is 16.7. The normalized spacial score (nSPS) is 39.9. The van der Waals surface area contributed by atoms with E-state index in [1.807, 2.05) is 0 Å². The first kappa shape index (κ1) is 28.4. The molecule has 2 fully saturated rings. The molecule has 0 aliphatic carbocycles. The van der Waals surface area contributed by atoms with Crippen molar-refractivity contribution >= 4 is 39.8 Å². The summed E-state index contributed by atoms with van der Waals surface area (Å²) in [4.78, 5) is 29.2. The van der Waals surface area contributed by atoms with Crippen LogP contribution in [0.2, 0.25) is 0 Å². The molecule has 10 atom stereocenters. The fourth-order valence-electron chi connectivity index (χ4n) is 4.07. The number of carbonyl (C=O) groups is 1. The van der Waals surface area contributed by atoms with E-state index < -0.39 is 29.8 Å². The van der Waals surface area contributed by atoms with Crippen molar-refractivity contribution in [2.45, 2.75) is 68.1 Å². The van der Waals surface area contributed by atoms with Crippen LogP contribution in [0.4, 0.5) is 0 Å². The third-order valence-electron chi connectivity index (χ3n) is 6.21. The molecule has 0 aromatic rings. The number of hydrogen-bond donors (Lipinski definition) is 5. The lowest BCUT2D eigenvalue weighted by Crippen LogP contribution is -2.55. The van der Waals surface area contributed by atoms with Gasteiger partial charge in [0.05, 0.1) is 33.0 Å². The fraction of sp³-hybridized carbons (Fsp3) is 0.850. The Morgan fingerprint density at radius 3 is 2.03 bits per heavy atom. The second-order valence-corrected chi connectivity index (χ2v) is 10.6. The van der Waals surface area contributed by atoms with Crippen LogP contribution < -0.4 is 11.0 Å². The number of hydrogen-bond acceptors (Lipinski definition) is 15. The zero-order valence-corrected chi connectivity index (χ0v) is 21.8. The van der Waals surface area contributed by atoms with Gasteiger partial charge in [0.15, 0.2) is 10.3 Å². The monoisotopic (exact) mass is 538 g/mol. The summed E-state index contributed by atoms with van der Waals surface area (Å²) in [5.41, 5.74) is 4.85. The number of hydroxylamine groups is 2. The van der Waals surface area contributed by atoms with Gasteiger partial charge in [-0.25, -0.2) is 11.0 Å². The molecule has 15 heteroatoms. The minimum atomic E-state index is -1.13. The Labute approximate surface area is 212 Å². The summed E-state index contributed by atoms with van der Waals surface area (Å²) in [5, 5.41) is 29.7. The lowest BCUT2D eigenvalue weighted by Gasteiger charge is -2.40. The van der Waals surface area contributed by atoms with Crippen molar-refractivity contribution in [3.8, 4) is 0 Å².